The minimum atomic E-state index is -1.85. The van der Waals surface area contributed by atoms with Crippen LogP contribution >= 0.6 is 0 Å². The van der Waals surface area contributed by atoms with Crippen LogP contribution in [-0.2, 0) is 28.0 Å². The van der Waals surface area contributed by atoms with Crippen molar-refractivity contribution in [2.24, 2.45) is 5.92 Å². The van der Waals surface area contributed by atoms with Gasteiger partial charge in [-0.15, -0.1) is 0 Å². The van der Waals surface area contributed by atoms with Crippen LogP contribution in [0.4, 0.5) is 0 Å². The zero-order valence-electron chi connectivity index (χ0n) is 25.9. The first kappa shape index (κ1) is 34.6. The van der Waals surface area contributed by atoms with Crippen LogP contribution in [0, 0.1) is 5.92 Å². The Kier molecular flexibility index (Phi) is 14.0. The molecule has 1 fully saturated rings. The molecule has 0 aromatic carbocycles. The second-order valence-electron chi connectivity index (χ2n) is 12.6. The third kappa shape index (κ3) is 12.2. The minimum Gasteiger partial charge on any atom is -0.435 e. The summed E-state index contributed by atoms with van der Waals surface area (Å²) in [5.41, 5.74) is 0.324. The van der Waals surface area contributed by atoms with E-state index in [2.05, 4.69) is 98.9 Å². The molecule has 6 nitrogen and oxygen atoms in total. The number of allylic oxidation sites excluding steroid dienone is 6. The highest BCUT2D eigenvalue weighted by Gasteiger charge is 2.50. The largest absolute Gasteiger partial charge is 0.461 e. The van der Waals surface area contributed by atoms with Gasteiger partial charge < -0.3 is 23.2 Å². The second kappa shape index (κ2) is 15.4. The van der Waals surface area contributed by atoms with Crippen molar-refractivity contribution < 1.29 is 28.0 Å². The van der Waals surface area contributed by atoms with E-state index in [0.29, 0.717) is 18.9 Å². The van der Waals surface area contributed by atoms with E-state index in [4.69, 9.17) is 23.2 Å². The molecule has 0 bridgehead atoms. The number of ether oxygens (including phenoxy) is 2. The zero-order valence-corrected chi connectivity index (χ0v) is 26.9. The van der Waals surface area contributed by atoms with E-state index in [1.165, 1.54) is 13.2 Å². The van der Waals surface area contributed by atoms with E-state index in [-0.39, 0.29) is 30.2 Å². The Bertz CT molecular complexity index is 835. The van der Waals surface area contributed by atoms with Gasteiger partial charge in [-0.1, -0.05) is 64.2 Å². The highest BCUT2D eigenvalue weighted by atomic mass is 28.4. The summed E-state index contributed by atoms with van der Waals surface area (Å²) < 4.78 is 28.3. The SMILES string of the molecule is COCOC(=O)/C=C(\C=C\[C@@H](C)C/C=C/C/C=C/CB1OC(C)(C)C(C)(C)O1)CCO[Si](C)(C)C(C)(C)C. The molecule has 1 aliphatic rings. The third-order valence-corrected chi connectivity index (χ3v) is 12.2. The van der Waals surface area contributed by atoms with Gasteiger partial charge in [-0.2, -0.15) is 0 Å². The van der Waals surface area contributed by atoms with Gasteiger partial charge in [-0.3, -0.25) is 0 Å². The summed E-state index contributed by atoms with van der Waals surface area (Å²) >= 11 is 0. The molecule has 0 N–H and O–H groups in total. The van der Waals surface area contributed by atoms with Crippen molar-refractivity contribution in [3.8, 4) is 0 Å². The number of methoxy groups -OCH3 is 1. The van der Waals surface area contributed by atoms with Crippen LogP contribution in [0.2, 0.25) is 24.5 Å². The lowest BCUT2D eigenvalue weighted by atomic mass is 9.85. The van der Waals surface area contributed by atoms with Crippen molar-refractivity contribution in [2.45, 2.75) is 110 Å². The zero-order chi connectivity index (χ0) is 29.0. The van der Waals surface area contributed by atoms with Crippen LogP contribution in [0.15, 0.2) is 48.1 Å². The van der Waals surface area contributed by atoms with E-state index >= 15 is 0 Å². The number of hydrogen-bond donors (Lipinski definition) is 0. The maximum Gasteiger partial charge on any atom is 0.461 e. The molecule has 0 aromatic heterocycles. The molecule has 216 valence electrons. The molecule has 0 aromatic rings. The van der Waals surface area contributed by atoms with Gasteiger partial charge in [0.2, 0.25) is 0 Å². The first-order valence-electron chi connectivity index (χ1n) is 13.8. The van der Waals surface area contributed by atoms with E-state index < -0.39 is 14.3 Å². The van der Waals surface area contributed by atoms with Gasteiger partial charge >= 0.3 is 13.1 Å². The summed E-state index contributed by atoms with van der Waals surface area (Å²) in [5.74, 6) is -0.0709. The Morgan fingerprint density at radius 3 is 2.21 bits per heavy atom. The van der Waals surface area contributed by atoms with Crippen molar-refractivity contribution in [1.82, 2.24) is 0 Å². The summed E-state index contributed by atoms with van der Waals surface area (Å²) in [5, 5.41) is 0.145. The molecule has 0 aliphatic carbocycles. The summed E-state index contributed by atoms with van der Waals surface area (Å²) in [6.45, 7) is 22.1. The fourth-order valence-corrected chi connectivity index (χ4v) is 4.42. The molecule has 1 rings (SSSR count). The number of carbonyl (C=O) groups excluding carboxylic acids is 1. The molecule has 0 radical (unpaired) electrons. The average Bonchev–Trinajstić information content (AvgIpc) is 3.00. The first-order chi connectivity index (χ1) is 17.5. The molecule has 8 heteroatoms. The Hall–Kier alpha value is -1.45. The number of esters is 1. The Morgan fingerprint density at radius 2 is 1.63 bits per heavy atom. The van der Waals surface area contributed by atoms with E-state index in [0.717, 1.165) is 24.7 Å². The fraction of sp³-hybridized carbons (Fsp3) is 0.700. The van der Waals surface area contributed by atoms with Crippen molar-refractivity contribution in [2.75, 3.05) is 20.5 Å². The molecule has 1 heterocycles. The van der Waals surface area contributed by atoms with Crippen molar-refractivity contribution in [1.29, 1.82) is 0 Å². The third-order valence-electron chi connectivity index (χ3n) is 7.66. The van der Waals surface area contributed by atoms with Crippen LogP contribution < -0.4 is 0 Å². The standard InChI is InChI=1S/C30H53BO6Si/c1-25(17-15-13-12-14-16-21-31-36-29(5,6)30(7,8)37-31)18-19-26(23-27(32)34-24-33-9)20-22-35-38(10,11)28(2,3)4/h13-16,18-19,23,25H,12,17,20-22,24H2,1-11H3/b15-13+,16-14+,19-18+,26-23+/t25-/m0/s1. The lowest BCUT2D eigenvalue weighted by Gasteiger charge is -2.36. The molecular formula is C30H53BO6Si. The average molecular weight is 549 g/mol. The van der Waals surface area contributed by atoms with Gasteiger partial charge in [-0.05, 0) is 76.6 Å². The Morgan fingerprint density at radius 1 is 1.03 bits per heavy atom. The highest BCUT2D eigenvalue weighted by Crippen LogP contribution is 2.38. The minimum absolute atomic E-state index is 0.0564. The van der Waals surface area contributed by atoms with E-state index in [1.54, 1.807) is 0 Å². The number of carbonyl (C=O) groups is 1. The molecule has 38 heavy (non-hydrogen) atoms. The summed E-state index contributed by atoms with van der Waals surface area (Å²) in [6, 6.07) is 0. The molecule has 1 aliphatic heterocycles. The van der Waals surface area contributed by atoms with Gasteiger partial charge in [-0.25, -0.2) is 4.79 Å². The second-order valence-corrected chi connectivity index (χ2v) is 17.4. The topological polar surface area (TPSA) is 63.2 Å². The molecule has 0 spiro atoms. The van der Waals surface area contributed by atoms with E-state index in [1.807, 2.05) is 6.08 Å². The van der Waals surface area contributed by atoms with Crippen molar-refractivity contribution in [3.63, 3.8) is 0 Å². The summed E-state index contributed by atoms with van der Waals surface area (Å²) in [4.78, 5) is 12.1. The predicted octanol–water partition coefficient (Wildman–Crippen LogP) is 7.65. The molecule has 0 amide bonds. The predicted molar refractivity (Wildman–Crippen MR) is 161 cm³/mol. The van der Waals surface area contributed by atoms with Crippen LogP contribution in [0.25, 0.3) is 0 Å². The summed E-state index contributed by atoms with van der Waals surface area (Å²) in [6.07, 6.45) is 17.5. The summed E-state index contributed by atoms with van der Waals surface area (Å²) in [7, 11) is -0.539. The van der Waals surface area contributed by atoms with Gasteiger partial charge in [0.05, 0.1) is 11.2 Å². The molecule has 1 atom stereocenters. The lowest BCUT2D eigenvalue weighted by molar-refractivity contribution is -0.147. The van der Waals surface area contributed by atoms with Crippen LogP contribution in [0.1, 0.15) is 74.7 Å². The smallest absolute Gasteiger partial charge is 0.435 e. The molecular weight excluding hydrogens is 495 g/mol. The maximum atomic E-state index is 12.1. The molecule has 1 saturated heterocycles. The van der Waals surface area contributed by atoms with Crippen LogP contribution in [0.5, 0.6) is 0 Å². The fourth-order valence-electron chi connectivity index (χ4n) is 3.37. The number of hydrogen-bond acceptors (Lipinski definition) is 6. The number of rotatable bonds is 15. The first-order valence-corrected chi connectivity index (χ1v) is 16.8. The van der Waals surface area contributed by atoms with Crippen molar-refractivity contribution >= 4 is 21.4 Å². The van der Waals surface area contributed by atoms with Gasteiger partial charge in [0, 0.05) is 26.1 Å². The van der Waals surface area contributed by atoms with E-state index in [9.17, 15) is 4.79 Å². The van der Waals surface area contributed by atoms with Gasteiger partial charge in [0.25, 0.3) is 0 Å². The maximum absolute atomic E-state index is 12.1. The Balaban J connectivity index is 2.56. The quantitative estimate of drug-likeness (QED) is 0.0523. The van der Waals surface area contributed by atoms with Crippen molar-refractivity contribution in [3.05, 3.63) is 48.1 Å². The van der Waals surface area contributed by atoms with Gasteiger partial charge in [0.15, 0.2) is 15.1 Å². The monoisotopic (exact) mass is 548 g/mol. The molecule has 0 saturated carbocycles. The van der Waals surface area contributed by atoms with Gasteiger partial charge in [0.1, 0.15) is 0 Å². The molecule has 0 unspecified atom stereocenters. The Labute approximate surface area is 234 Å². The normalized spacial score (nSPS) is 19.2. The lowest BCUT2D eigenvalue weighted by Crippen LogP contribution is -2.41. The van der Waals surface area contributed by atoms with Crippen LogP contribution in [-0.4, -0.2) is 53.1 Å². The van der Waals surface area contributed by atoms with Crippen LogP contribution in [0.3, 0.4) is 0 Å². The highest BCUT2D eigenvalue weighted by molar-refractivity contribution is 6.74.